The first-order valence-corrected chi connectivity index (χ1v) is 14.9. The number of aryl methyl sites for hydroxylation is 2. The van der Waals surface area contributed by atoms with Crippen LogP contribution in [0.5, 0.6) is 0 Å². The molecule has 4 amide bonds. The van der Waals surface area contributed by atoms with E-state index < -0.39 is 72.1 Å². The number of nitrogens with zero attached hydrogens (tertiary/aromatic N) is 2. The second kappa shape index (κ2) is 15.9. The molecule has 2 aromatic carbocycles. The number of esters is 1. The third kappa shape index (κ3) is 11.9. The molecule has 3 atom stereocenters. The molecule has 12 nitrogen and oxygen atoms in total. The molecule has 0 aliphatic carbocycles. The molecule has 46 heavy (non-hydrogen) atoms. The van der Waals surface area contributed by atoms with Gasteiger partial charge in [-0.2, -0.15) is 5.26 Å². The summed E-state index contributed by atoms with van der Waals surface area (Å²) in [6.07, 6.45) is -1.54. The highest BCUT2D eigenvalue weighted by Gasteiger charge is 2.39. The second-order valence-electron chi connectivity index (χ2n) is 13.0. The van der Waals surface area contributed by atoms with E-state index in [4.69, 9.17) is 15.2 Å². The zero-order valence-corrected chi connectivity index (χ0v) is 27.8. The summed E-state index contributed by atoms with van der Waals surface area (Å²) in [4.78, 5) is 67.3. The number of nitriles is 1. The number of nitrogens with two attached hydrogens (primary N) is 1. The van der Waals surface area contributed by atoms with Crippen LogP contribution in [0.25, 0.3) is 0 Å². The summed E-state index contributed by atoms with van der Waals surface area (Å²) < 4.78 is 10.9. The largest absolute Gasteiger partial charge is 0.458 e. The molecule has 0 bridgehead atoms. The molecule has 0 heterocycles. The first-order chi connectivity index (χ1) is 21.3. The van der Waals surface area contributed by atoms with E-state index in [1.54, 1.807) is 84.0 Å². The Morgan fingerprint density at radius 3 is 2.00 bits per heavy atom. The van der Waals surface area contributed by atoms with E-state index in [9.17, 15) is 29.2 Å². The Balaban J connectivity index is 2.63. The van der Waals surface area contributed by atoms with Crippen LogP contribution in [0.15, 0.2) is 48.5 Å². The van der Waals surface area contributed by atoms with Crippen LogP contribution < -0.4 is 16.4 Å². The first-order valence-electron chi connectivity index (χ1n) is 14.9. The molecule has 0 fully saturated rings. The molecule has 0 spiro atoms. The molecular weight excluding hydrogens is 590 g/mol. The van der Waals surface area contributed by atoms with Gasteiger partial charge in [0.1, 0.15) is 35.9 Å². The minimum absolute atomic E-state index is 0.0812. The number of benzene rings is 2. The molecule has 248 valence electrons. The van der Waals surface area contributed by atoms with Gasteiger partial charge in [-0.05, 0) is 77.6 Å². The fraction of sp³-hybridized carbons (Fsp3) is 0.471. The lowest BCUT2D eigenvalue weighted by Gasteiger charge is -2.34. The highest BCUT2D eigenvalue weighted by Crippen LogP contribution is 2.26. The minimum Gasteiger partial charge on any atom is -0.458 e. The van der Waals surface area contributed by atoms with E-state index in [2.05, 4.69) is 10.6 Å². The predicted octanol–water partition coefficient (Wildman–Crippen LogP) is 3.53. The van der Waals surface area contributed by atoms with Crippen LogP contribution in [-0.4, -0.2) is 64.5 Å². The van der Waals surface area contributed by atoms with Crippen molar-refractivity contribution >= 4 is 29.8 Å². The highest BCUT2D eigenvalue weighted by molar-refractivity contribution is 5.95. The van der Waals surface area contributed by atoms with Gasteiger partial charge in [-0.25, -0.2) is 9.59 Å². The van der Waals surface area contributed by atoms with Gasteiger partial charge in [0.15, 0.2) is 0 Å². The van der Waals surface area contributed by atoms with Gasteiger partial charge in [0, 0.05) is 6.42 Å². The zero-order valence-electron chi connectivity index (χ0n) is 27.8. The minimum atomic E-state index is -1.56. The maximum atomic E-state index is 14.3. The topological polar surface area (TPSA) is 181 Å². The van der Waals surface area contributed by atoms with Crippen molar-refractivity contribution in [3.63, 3.8) is 0 Å². The Hall–Kier alpha value is -4.92. The highest BCUT2D eigenvalue weighted by atomic mass is 16.6. The van der Waals surface area contributed by atoms with E-state index in [1.807, 2.05) is 26.0 Å². The van der Waals surface area contributed by atoms with Gasteiger partial charge in [0.2, 0.25) is 17.7 Å². The van der Waals surface area contributed by atoms with Crippen molar-refractivity contribution < 1.29 is 33.4 Å². The van der Waals surface area contributed by atoms with Crippen LogP contribution in [0.3, 0.4) is 0 Å². The molecule has 0 aromatic heterocycles. The molecule has 0 saturated heterocycles. The van der Waals surface area contributed by atoms with E-state index in [0.717, 1.165) is 21.6 Å². The molecule has 0 radical (unpaired) electrons. The summed E-state index contributed by atoms with van der Waals surface area (Å²) in [7, 11) is 0. The van der Waals surface area contributed by atoms with Crippen LogP contribution in [0.2, 0.25) is 0 Å². The van der Waals surface area contributed by atoms with Crippen LogP contribution in [0.1, 0.15) is 76.3 Å². The summed E-state index contributed by atoms with van der Waals surface area (Å²) >= 11 is 0. The summed E-state index contributed by atoms with van der Waals surface area (Å²) in [5.41, 5.74) is 6.43. The Kier molecular flexibility index (Phi) is 12.9. The lowest BCUT2D eigenvalue weighted by molar-refractivity contribution is -0.159. The van der Waals surface area contributed by atoms with Crippen LogP contribution in [0.4, 0.5) is 4.79 Å². The summed E-state index contributed by atoms with van der Waals surface area (Å²) in [6.45, 7) is 13.1. The second-order valence-corrected chi connectivity index (χ2v) is 13.0. The lowest BCUT2D eigenvalue weighted by atomic mass is 9.97. The van der Waals surface area contributed by atoms with Gasteiger partial charge in [0.05, 0.1) is 12.5 Å². The SMILES string of the molecule is Cc1ccc(C(C(=O)NC(Cc2ccccc2)C(=O)OC(C)(C)C)N(CC#N)C(=O)C(CC(N)=O)NC(=O)OC(C)(C)C)cc1C. The van der Waals surface area contributed by atoms with Gasteiger partial charge in [-0.3, -0.25) is 14.4 Å². The van der Waals surface area contributed by atoms with Crippen molar-refractivity contribution in [2.24, 2.45) is 5.73 Å². The molecule has 2 aromatic rings. The first kappa shape index (κ1) is 37.3. The van der Waals surface area contributed by atoms with Crippen molar-refractivity contribution in [2.75, 3.05) is 6.54 Å². The Bertz CT molecular complexity index is 1450. The van der Waals surface area contributed by atoms with Gasteiger partial charge in [-0.1, -0.05) is 48.5 Å². The van der Waals surface area contributed by atoms with Crippen LogP contribution >= 0.6 is 0 Å². The molecular formula is C34H45N5O7. The van der Waals surface area contributed by atoms with Crippen molar-refractivity contribution in [3.05, 3.63) is 70.8 Å². The monoisotopic (exact) mass is 635 g/mol. The predicted molar refractivity (Wildman–Crippen MR) is 171 cm³/mol. The molecule has 12 heteroatoms. The molecule has 0 aliphatic rings. The van der Waals surface area contributed by atoms with Crippen LogP contribution in [0, 0.1) is 25.2 Å². The molecule has 0 saturated carbocycles. The van der Waals surface area contributed by atoms with Gasteiger partial charge < -0.3 is 30.7 Å². The zero-order chi connectivity index (χ0) is 34.8. The molecule has 2 rings (SSSR count). The average molecular weight is 636 g/mol. The van der Waals surface area contributed by atoms with E-state index >= 15 is 0 Å². The third-order valence-corrected chi connectivity index (χ3v) is 6.62. The number of alkyl carbamates (subject to hydrolysis) is 1. The number of nitrogens with one attached hydrogen (secondary N) is 2. The van der Waals surface area contributed by atoms with Crippen molar-refractivity contribution in [1.82, 2.24) is 15.5 Å². The number of primary amides is 1. The number of ether oxygens (including phenoxy) is 2. The summed E-state index contributed by atoms with van der Waals surface area (Å²) in [6, 6.07) is 11.8. The number of carbonyl (C=O) groups excluding carboxylic acids is 5. The van der Waals surface area contributed by atoms with Gasteiger partial charge in [0.25, 0.3) is 0 Å². The number of hydrogen-bond donors (Lipinski definition) is 3. The number of carbonyl (C=O) groups is 5. The Labute approximate surface area is 270 Å². The quantitative estimate of drug-likeness (QED) is 0.234. The number of amides is 4. The lowest BCUT2D eigenvalue weighted by Crippen LogP contribution is -2.55. The maximum absolute atomic E-state index is 14.3. The van der Waals surface area contributed by atoms with Gasteiger partial charge >= 0.3 is 12.1 Å². The summed E-state index contributed by atoms with van der Waals surface area (Å²) in [5, 5.41) is 14.9. The van der Waals surface area contributed by atoms with Crippen molar-refractivity contribution in [3.8, 4) is 6.07 Å². The number of rotatable bonds is 12. The molecule has 3 unspecified atom stereocenters. The smallest absolute Gasteiger partial charge is 0.408 e. The molecule has 0 aliphatic heterocycles. The summed E-state index contributed by atoms with van der Waals surface area (Å²) in [5.74, 6) is -3.32. The van der Waals surface area contributed by atoms with Crippen molar-refractivity contribution in [1.29, 1.82) is 5.26 Å². The van der Waals surface area contributed by atoms with Gasteiger partial charge in [-0.15, -0.1) is 0 Å². The maximum Gasteiger partial charge on any atom is 0.408 e. The van der Waals surface area contributed by atoms with E-state index in [1.165, 1.54) is 0 Å². The third-order valence-electron chi connectivity index (χ3n) is 6.62. The normalized spacial score (nSPS) is 13.3. The fourth-order valence-electron chi connectivity index (χ4n) is 4.50. The average Bonchev–Trinajstić information content (AvgIpc) is 2.92. The molecule has 4 N–H and O–H groups in total. The van der Waals surface area contributed by atoms with E-state index in [0.29, 0.717) is 5.56 Å². The van der Waals surface area contributed by atoms with Crippen LogP contribution in [-0.2, 0) is 35.1 Å². The Morgan fingerprint density at radius 2 is 1.48 bits per heavy atom. The standard InChI is InChI=1S/C34H45N5O7/c1-21-14-15-24(18-22(21)2)28(29(41)37-26(31(43)45-33(3,4)5)19-23-12-10-9-11-13-23)39(17-16-35)30(42)25(20-27(36)40)38-32(44)46-34(6,7)8/h9-15,18,25-26,28H,17,19-20H2,1-8H3,(H2,36,40)(H,37,41)(H,38,44). The number of hydrogen-bond acceptors (Lipinski definition) is 8. The fourth-order valence-corrected chi connectivity index (χ4v) is 4.50. The van der Waals surface area contributed by atoms with E-state index in [-0.39, 0.29) is 6.42 Å². The Morgan fingerprint density at radius 1 is 0.870 bits per heavy atom. The van der Waals surface area contributed by atoms with Crippen molar-refractivity contribution in [2.45, 2.75) is 97.6 Å².